The predicted molar refractivity (Wildman–Crippen MR) is 97.4 cm³/mol. The number of nitrogens with one attached hydrogen (secondary N) is 1. The summed E-state index contributed by atoms with van der Waals surface area (Å²) in [7, 11) is 3.98. The molecule has 0 heterocycles. The second kappa shape index (κ2) is 8.29. The SMILES string of the molecule is Cc1ccc(C(=O)CCC(=O)NCc2ccc(N(C)C)cc2)cc1. The first-order valence-corrected chi connectivity index (χ1v) is 8.08. The summed E-state index contributed by atoms with van der Waals surface area (Å²) < 4.78 is 0. The number of carbonyl (C=O) groups excluding carboxylic acids is 2. The fraction of sp³-hybridized carbons (Fsp3) is 0.300. The Morgan fingerprint density at radius 2 is 1.54 bits per heavy atom. The van der Waals surface area contributed by atoms with Gasteiger partial charge in [-0.1, -0.05) is 42.0 Å². The second-order valence-corrected chi connectivity index (χ2v) is 6.13. The summed E-state index contributed by atoms with van der Waals surface area (Å²) in [5, 5.41) is 2.86. The molecule has 0 aliphatic rings. The molecule has 0 saturated heterocycles. The molecule has 0 radical (unpaired) electrons. The Labute approximate surface area is 143 Å². The van der Waals surface area contributed by atoms with Gasteiger partial charge in [-0.2, -0.15) is 0 Å². The van der Waals surface area contributed by atoms with Crippen LogP contribution in [0.25, 0.3) is 0 Å². The summed E-state index contributed by atoms with van der Waals surface area (Å²) >= 11 is 0. The number of ketones is 1. The van der Waals surface area contributed by atoms with Crippen LogP contribution in [0.5, 0.6) is 0 Å². The number of carbonyl (C=O) groups is 2. The van der Waals surface area contributed by atoms with Crippen molar-refractivity contribution >= 4 is 17.4 Å². The first-order chi connectivity index (χ1) is 11.5. The van der Waals surface area contributed by atoms with E-state index in [9.17, 15) is 9.59 Å². The third-order valence-electron chi connectivity index (χ3n) is 3.90. The minimum atomic E-state index is -0.104. The maximum atomic E-state index is 12.1. The van der Waals surface area contributed by atoms with Crippen LogP contribution in [0.2, 0.25) is 0 Å². The Morgan fingerprint density at radius 3 is 2.12 bits per heavy atom. The molecule has 2 aromatic rings. The number of amides is 1. The van der Waals surface area contributed by atoms with Crippen LogP contribution in [0.15, 0.2) is 48.5 Å². The number of anilines is 1. The molecule has 2 aromatic carbocycles. The normalized spacial score (nSPS) is 10.3. The maximum Gasteiger partial charge on any atom is 0.220 e. The van der Waals surface area contributed by atoms with Crippen LogP contribution >= 0.6 is 0 Å². The Hall–Kier alpha value is -2.62. The number of hydrogen-bond donors (Lipinski definition) is 1. The van der Waals surface area contributed by atoms with Crippen molar-refractivity contribution in [2.75, 3.05) is 19.0 Å². The minimum absolute atomic E-state index is 0.000450. The zero-order valence-corrected chi connectivity index (χ0v) is 14.5. The van der Waals surface area contributed by atoms with Crippen LogP contribution in [-0.2, 0) is 11.3 Å². The largest absolute Gasteiger partial charge is 0.378 e. The lowest BCUT2D eigenvalue weighted by Crippen LogP contribution is -2.23. The van der Waals surface area contributed by atoms with Gasteiger partial charge in [-0.15, -0.1) is 0 Å². The number of Topliss-reactive ketones (excluding diaryl/α,β-unsaturated/α-hetero) is 1. The fourth-order valence-electron chi connectivity index (χ4n) is 2.31. The van der Waals surface area contributed by atoms with Gasteiger partial charge >= 0.3 is 0 Å². The van der Waals surface area contributed by atoms with Crippen LogP contribution in [0.4, 0.5) is 5.69 Å². The van der Waals surface area contributed by atoms with Crippen molar-refractivity contribution in [3.05, 3.63) is 65.2 Å². The van der Waals surface area contributed by atoms with E-state index in [0.29, 0.717) is 12.1 Å². The third kappa shape index (κ3) is 5.23. The van der Waals surface area contributed by atoms with Gasteiger partial charge in [0.15, 0.2) is 5.78 Å². The van der Waals surface area contributed by atoms with E-state index in [1.807, 2.05) is 74.4 Å². The minimum Gasteiger partial charge on any atom is -0.378 e. The molecule has 24 heavy (non-hydrogen) atoms. The molecule has 0 aromatic heterocycles. The van der Waals surface area contributed by atoms with Crippen molar-refractivity contribution < 1.29 is 9.59 Å². The van der Waals surface area contributed by atoms with Gasteiger partial charge in [0.05, 0.1) is 0 Å². The first kappa shape index (κ1) is 17.7. The molecule has 4 heteroatoms. The van der Waals surface area contributed by atoms with E-state index in [4.69, 9.17) is 0 Å². The third-order valence-corrected chi connectivity index (χ3v) is 3.90. The predicted octanol–water partition coefficient (Wildman–Crippen LogP) is 3.34. The highest BCUT2D eigenvalue weighted by atomic mass is 16.2. The monoisotopic (exact) mass is 324 g/mol. The van der Waals surface area contributed by atoms with E-state index in [1.165, 1.54) is 0 Å². The van der Waals surface area contributed by atoms with E-state index >= 15 is 0 Å². The second-order valence-electron chi connectivity index (χ2n) is 6.13. The molecule has 0 spiro atoms. The molecule has 4 nitrogen and oxygen atoms in total. The molecular formula is C20H24N2O2. The molecule has 1 amide bonds. The Morgan fingerprint density at radius 1 is 0.917 bits per heavy atom. The average molecular weight is 324 g/mol. The zero-order chi connectivity index (χ0) is 17.5. The van der Waals surface area contributed by atoms with Gasteiger partial charge in [0.2, 0.25) is 5.91 Å². The lowest BCUT2D eigenvalue weighted by molar-refractivity contribution is -0.121. The maximum absolute atomic E-state index is 12.1. The zero-order valence-electron chi connectivity index (χ0n) is 14.5. The topological polar surface area (TPSA) is 49.4 Å². The van der Waals surface area contributed by atoms with E-state index in [0.717, 1.165) is 16.8 Å². The summed E-state index contributed by atoms with van der Waals surface area (Å²) in [5.41, 5.74) is 3.94. The van der Waals surface area contributed by atoms with Crippen LogP contribution in [0.3, 0.4) is 0 Å². The van der Waals surface area contributed by atoms with Gasteiger partial charge in [-0.3, -0.25) is 9.59 Å². The molecule has 0 saturated carbocycles. The summed E-state index contributed by atoms with van der Waals surface area (Å²) in [4.78, 5) is 26.0. The van der Waals surface area contributed by atoms with Crippen molar-refractivity contribution in [3.63, 3.8) is 0 Å². The van der Waals surface area contributed by atoms with Gasteiger partial charge in [0.25, 0.3) is 0 Å². The highest BCUT2D eigenvalue weighted by Crippen LogP contribution is 2.12. The van der Waals surface area contributed by atoms with Gasteiger partial charge in [0, 0.05) is 44.7 Å². The molecule has 0 fully saturated rings. The van der Waals surface area contributed by atoms with Crippen LogP contribution in [-0.4, -0.2) is 25.8 Å². The van der Waals surface area contributed by atoms with Crippen molar-refractivity contribution in [3.8, 4) is 0 Å². The molecule has 126 valence electrons. The van der Waals surface area contributed by atoms with E-state index < -0.39 is 0 Å². The number of rotatable bonds is 7. The van der Waals surface area contributed by atoms with Gasteiger partial charge in [-0.25, -0.2) is 0 Å². The molecule has 2 rings (SSSR count). The number of hydrogen-bond acceptors (Lipinski definition) is 3. The van der Waals surface area contributed by atoms with Gasteiger partial charge < -0.3 is 10.2 Å². The Kier molecular flexibility index (Phi) is 6.13. The summed E-state index contributed by atoms with van der Waals surface area (Å²) in [6, 6.07) is 15.4. The lowest BCUT2D eigenvalue weighted by Gasteiger charge is -2.13. The highest BCUT2D eigenvalue weighted by molar-refractivity contribution is 5.97. The summed E-state index contributed by atoms with van der Waals surface area (Å²) in [6.45, 7) is 2.46. The molecule has 0 unspecified atom stereocenters. The van der Waals surface area contributed by atoms with E-state index in [-0.39, 0.29) is 24.5 Å². The summed E-state index contributed by atoms with van der Waals surface area (Å²) in [5.74, 6) is -0.104. The Bertz CT molecular complexity index is 689. The molecule has 0 atom stereocenters. The molecule has 0 bridgehead atoms. The van der Waals surface area contributed by atoms with E-state index in [2.05, 4.69) is 5.32 Å². The average Bonchev–Trinajstić information content (AvgIpc) is 2.58. The quantitative estimate of drug-likeness (QED) is 0.795. The number of aryl methyl sites for hydroxylation is 1. The van der Waals surface area contributed by atoms with Crippen LogP contribution in [0, 0.1) is 6.92 Å². The highest BCUT2D eigenvalue weighted by Gasteiger charge is 2.09. The van der Waals surface area contributed by atoms with E-state index in [1.54, 1.807) is 0 Å². The Balaban J connectivity index is 1.77. The number of benzene rings is 2. The first-order valence-electron chi connectivity index (χ1n) is 8.08. The van der Waals surface area contributed by atoms with Gasteiger partial charge in [-0.05, 0) is 24.6 Å². The lowest BCUT2D eigenvalue weighted by atomic mass is 10.0. The van der Waals surface area contributed by atoms with Crippen molar-refractivity contribution in [2.24, 2.45) is 0 Å². The standard InChI is InChI=1S/C20H24N2O2/c1-15-4-8-17(9-5-15)19(23)12-13-20(24)21-14-16-6-10-18(11-7-16)22(2)3/h4-11H,12-14H2,1-3H3,(H,21,24). The fourth-order valence-corrected chi connectivity index (χ4v) is 2.31. The van der Waals surface area contributed by atoms with Crippen LogP contribution in [0.1, 0.15) is 34.3 Å². The smallest absolute Gasteiger partial charge is 0.220 e. The summed E-state index contributed by atoms with van der Waals surface area (Å²) in [6.07, 6.45) is 0.441. The van der Waals surface area contributed by atoms with Crippen LogP contribution < -0.4 is 10.2 Å². The molecule has 1 N–H and O–H groups in total. The van der Waals surface area contributed by atoms with Crippen molar-refractivity contribution in [2.45, 2.75) is 26.3 Å². The van der Waals surface area contributed by atoms with Gasteiger partial charge in [0.1, 0.15) is 0 Å². The molecular weight excluding hydrogens is 300 g/mol. The van der Waals surface area contributed by atoms with Crippen molar-refractivity contribution in [1.29, 1.82) is 0 Å². The molecule has 0 aliphatic heterocycles. The number of nitrogens with zero attached hydrogens (tertiary/aromatic N) is 1. The molecule has 0 aliphatic carbocycles. The van der Waals surface area contributed by atoms with Crippen molar-refractivity contribution in [1.82, 2.24) is 5.32 Å².